The number of carbonyl (C=O) groups is 1. The highest BCUT2D eigenvalue weighted by Gasteiger charge is 2.17. The fourth-order valence-electron chi connectivity index (χ4n) is 4.23. The second-order valence-corrected chi connectivity index (χ2v) is 9.31. The molecule has 4 aromatic rings. The summed E-state index contributed by atoms with van der Waals surface area (Å²) in [5.74, 6) is -0.0523. The molecule has 5 rings (SSSR count). The van der Waals surface area contributed by atoms with E-state index in [1.54, 1.807) is 17.4 Å². The van der Waals surface area contributed by atoms with Gasteiger partial charge in [-0.15, -0.1) is 11.3 Å². The van der Waals surface area contributed by atoms with Gasteiger partial charge in [0.2, 0.25) is 0 Å². The van der Waals surface area contributed by atoms with Crippen LogP contribution in [0, 0.1) is 12.7 Å². The van der Waals surface area contributed by atoms with Gasteiger partial charge in [0.05, 0.1) is 31.0 Å². The zero-order valence-corrected chi connectivity index (χ0v) is 20.2. The maximum atomic E-state index is 14.4. The Labute approximate surface area is 207 Å². The van der Waals surface area contributed by atoms with E-state index in [0.29, 0.717) is 44.3 Å². The lowest BCUT2D eigenvalue weighted by Gasteiger charge is -2.29. The molecule has 0 bridgehead atoms. The Morgan fingerprint density at radius 3 is 2.71 bits per heavy atom. The van der Waals surface area contributed by atoms with Gasteiger partial charge in [-0.2, -0.15) is 0 Å². The number of hydrogen-bond donors (Lipinski definition) is 1. The Hall–Kier alpha value is -3.49. The molecule has 180 valence electrons. The van der Waals surface area contributed by atoms with Gasteiger partial charge in [-0.1, -0.05) is 24.3 Å². The maximum Gasteiger partial charge on any atom is 0.255 e. The highest BCUT2D eigenvalue weighted by atomic mass is 32.1. The summed E-state index contributed by atoms with van der Waals surface area (Å²) in [6.07, 6.45) is 0.786. The van der Waals surface area contributed by atoms with Gasteiger partial charge in [0, 0.05) is 52.1 Å². The molecule has 1 N–H and O–H groups in total. The molecule has 0 atom stereocenters. The first-order chi connectivity index (χ1) is 17.1. The van der Waals surface area contributed by atoms with Crippen molar-refractivity contribution in [1.82, 2.24) is 4.98 Å². The minimum absolute atomic E-state index is 0.274. The van der Waals surface area contributed by atoms with Gasteiger partial charge < -0.3 is 19.7 Å². The number of halogens is 1. The lowest BCUT2D eigenvalue weighted by atomic mass is 10.1. The molecule has 6 nitrogen and oxygen atoms in total. The van der Waals surface area contributed by atoms with Crippen LogP contribution in [0.4, 0.5) is 15.8 Å². The lowest BCUT2D eigenvalue weighted by Crippen LogP contribution is -2.36. The molecular weight excluding hydrogens is 465 g/mol. The summed E-state index contributed by atoms with van der Waals surface area (Å²) >= 11 is 1.63. The summed E-state index contributed by atoms with van der Waals surface area (Å²) in [6, 6.07) is 15.9. The predicted octanol–water partition coefficient (Wildman–Crippen LogP) is 5.45. The zero-order chi connectivity index (χ0) is 24.2. The number of carbonyl (C=O) groups excluding carboxylic acids is 1. The molecule has 0 radical (unpaired) electrons. The SMILES string of the molecule is Cc1ncsc1CCOc1ccc(NC(=O)c2cc(F)cc(N3CCOCC3)c2)c2ccccc12. The molecule has 3 aromatic carbocycles. The van der Waals surface area contributed by atoms with Crippen molar-refractivity contribution < 1.29 is 18.7 Å². The second kappa shape index (κ2) is 10.4. The highest BCUT2D eigenvalue weighted by molar-refractivity contribution is 7.09. The van der Waals surface area contributed by atoms with Crippen LogP contribution in [-0.2, 0) is 11.2 Å². The van der Waals surface area contributed by atoms with Crippen LogP contribution >= 0.6 is 11.3 Å². The molecule has 1 aromatic heterocycles. The van der Waals surface area contributed by atoms with E-state index in [1.165, 1.54) is 17.0 Å². The van der Waals surface area contributed by atoms with Gasteiger partial charge in [-0.25, -0.2) is 9.37 Å². The number of fused-ring (bicyclic) bond motifs is 1. The largest absolute Gasteiger partial charge is 0.493 e. The van der Waals surface area contributed by atoms with Gasteiger partial charge in [0.1, 0.15) is 11.6 Å². The molecule has 35 heavy (non-hydrogen) atoms. The minimum Gasteiger partial charge on any atom is -0.493 e. The van der Waals surface area contributed by atoms with E-state index in [4.69, 9.17) is 9.47 Å². The number of morpholine rings is 1. The number of ether oxygens (including phenoxy) is 2. The Morgan fingerprint density at radius 1 is 1.14 bits per heavy atom. The van der Waals surface area contributed by atoms with Crippen molar-refractivity contribution in [3.63, 3.8) is 0 Å². The smallest absolute Gasteiger partial charge is 0.255 e. The number of hydrogen-bond acceptors (Lipinski definition) is 6. The number of nitrogens with one attached hydrogen (secondary N) is 1. The third-order valence-electron chi connectivity index (χ3n) is 6.08. The fourth-order valence-corrected chi connectivity index (χ4v) is 4.99. The average molecular weight is 492 g/mol. The second-order valence-electron chi connectivity index (χ2n) is 8.37. The molecule has 1 fully saturated rings. The van der Waals surface area contributed by atoms with Crippen LogP contribution < -0.4 is 15.0 Å². The molecule has 0 aliphatic carbocycles. The Balaban J connectivity index is 1.35. The summed E-state index contributed by atoms with van der Waals surface area (Å²) in [4.78, 5) is 20.6. The van der Waals surface area contributed by atoms with E-state index in [2.05, 4.69) is 10.3 Å². The third-order valence-corrected chi connectivity index (χ3v) is 7.08. The molecule has 1 aliphatic rings. The Bertz CT molecular complexity index is 1350. The molecule has 8 heteroatoms. The minimum atomic E-state index is -0.441. The molecular formula is C27H26FN3O3S. The van der Waals surface area contributed by atoms with E-state index < -0.39 is 5.82 Å². The lowest BCUT2D eigenvalue weighted by molar-refractivity contribution is 0.102. The number of aryl methyl sites for hydroxylation is 1. The van der Waals surface area contributed by atoms with Crippen LogP contribution in [0.25, 0.3) is 10.8 Å². The van der Waals surface area contributed by atoms with Crippen molar-refractivity contribution in [3.8, 4) is 5.75 Å². The average Bonchev–Trinajstić information content (AvgIpc) is 3.29. The first-order valence-electron chi connectivity index (χ1n) is 11.6. The number of rotatable bonds is 7. The Morgan fingerprint density at radius 2 is 1.94 bits per heavy atom. The summed E-state index contributed by atoms with van der Waals surface area (Å²) in [6.45, 7) is 5.04. The van der Waals surface area contributed by atoms with Crippen LogP contribution in [0.15, 0.2) is 60.1 Å². The van der Waals surface area contributed by atoms with Crippen LogP contribution in [0.3, 0.4) is 0 Å². The topological polar surface area (TPSA) is 63.7 Å². The van der Waals surface area contributed by atoms with Crippen LogP contribution in [0.1, 0.15) is 20.9 Å². The Kier molecular flexibility index (Phi) is 6.92. The van der Waals surface area contributed by atoms with Crippen molar-refractivity contribution in [2.75, 3.05) is 43.1 Å². The monoisotopic (exact) mass is 491 g/mol. The van der Waals surface area contributed by atoms with Crippen molar-refractivity contribution in [3.05, 3.63) is 82.1 Å². The quantitative estimate of drug-likeness (QED) is 0.372. The van der Waals surface area contributed by atoms with Gasteiger partial charge in [0.15, 0.2) is 0 Å². The first kappa shape index (κ1) is 23.3. The highest BCUT2D eigenvalue weighted by Crippen LogP contribution is 2.32. The third kappa shape index (κ3) is 5.28. The summed E-state index contributed by atoms with van der Waals surface area (Å²) < 4.78 is 25.8. The molecule has 1 amide bonds. The molecule has 1 aliphatic heterocycles. The summed E-state index contributed by atoms with van der Waals surface area (Å²) in [5, 5.41) is 4.72. The van der Waals surface area contributed by atoms with E-state index in [0.717, 1.165) is 28.6 Å². The van der Waals surface area contributed by atoms with Crippen molar-refractivity contribution in [1.29, 1.82) is 0 Å². The predicted molar refractivity (Wildman–Crippen MR) is 137 cm³/mol. The number of anilines is 2. The summed E-state index contributed by atoms with van der Waals surface area (Å²) in [7, 11) is 0. The van der Waals surface area contributed by atoms with Crippen LogP contribution in [0.5, 0.6) is 5.75 Å². The number of thiazole rings is 1. The summed E-state index contributed by atoms with van der Waals surface area (Å²) in [5.41, 5.74) is 4.49. The van der Waals surface area contributed by atoms with Gasteiger partial charge >= 0.3 is 0 Å². The zero-order valence-electron chi connectivity index (χ0n) is 19.4. The van der Waals surface area contributed by atoms with E-state index in [9.17, 15) is 9.18 Å². The number of nitrogens with zero attached hydrogens (tertiary/aromatic N) is 2. The van der Waals surface area contributed by atoms with E-state index in [-0.39, 0.29) is 11.5 Å². The van der Waals surface area contributed by atoms with Gasteiger partial charge in [-0.05, 0) is 37.3 Å². The number of benzene rings is 3. The standard InChI is InChI=1S/C27H26FN3O3S/c1-18-26(35-17-29-18)8-11-34-25-7-6-24(22-4-2-3-5-23(22)25)30-27(32)19-14-20(28)16-21(15-19)31-9-12-33-13-10-31/h2-7,14-17H,8-13H2,1H3,(H,30,32). The van der Waals surface area contributed by atoms with Crippen molar-refractivity contribution >= 4 is 39.4 Å². The van der Waals surface area contributed by atoms with Crippen molar-refractivity contribution in [2.45, 2.75) is 13.3 Å². The number of amides is 1. The molecule has 0 saturated carbocycles. The van der Waals surface area contributed by atoms with Gasteiger partial charge in [-0.3, -0.25) is 4.79 Å². The molecule has 1 saturated heterocycles. The fraction of sp³-hybridized carbons (Fsp3) is 0.259. The normalized spacial score (nSPS) is 13.7. The number of aromatic nitrogens is 1. The van der Waals surface area contributed by atoms with Crippen LogP contribution in [-0.4, -0.2) is 43.8 Å². The molecule has 0 spiro atoms. The molecule has 2 heterocycles. The van der Waals surface area contributed by atoms with Gasteiger partial charge in [0.25, 0.3) is 5.91 Å². The van der Waals surface area contributed by atoms with Crippen molar-refractivity contribution in [2.24, 2.45) is 0 Å². The van der Waals surface area contributed by atoms with Crippen LogP contribution in [0.2, 0.25) is 0 Å². The maximum absolute atomic E-state index is 14.4. The van der Waals surface area contributed by atoms with E-state index >= 15 is 0 Å². The molecule has 0 unspecified atom stereocenters. The first-order valence-corrected chi connectivity index (χ1v) is 12.4. The van der Waals surface area contributed by atoms with E-state index in [1.807, 2.05) is 53.7 Å².